The van der Waals surface area contributed by atoms with Gasteiger partial charge in [0, 0.05) is 6.20 Å². The molecule has 1 atom stereocenters. The molecule has 4 amide bonds. The number of pyridine rings is 1. The zero-order valence-electron chi connectivity index (χ0n) is 18.5. The fraction of sp³-hybridized carbons (Fsp3) is 0.440. The number of ether oxygens (including phenoxy) is 1. The second kappa shape index (κ2) is 8.84. The summed E-state index contributed by atoms with van der Waals surface area (Å²) in [4.78, 5) is 43.9. The van der Waals surface area contributed by atoms with E-state index in [1.165, 1.54) is 19.3 Å². The molecule has 3 aliphatic rings. The van der Waals surface area contributed by atoms with E-state index in [-0.39, 0.29) is 12.5 Å². The summed E-state index contributed by atoms with van der Waals surface area (Å²) in [6.07, 6.45) is 8.80. The molecule has 2 heterocycles. The third-order valence-electron chi connectivity index (χ3n) is 6.95. The highest BCUT2D eigenvalue weighted by Crippen LogP contribution is 2.41. The van der Waals surface area contributed by atoms with Crippen LogP contribution < -0.4 is 15.4 Å². The lowest BCUT2D eigenvalue weighted by Crippen LogP contribution is -2.43. The number of nitrogens with zero attached hydrogens (tertiary/aromatic N) is 2. The van der Waals surface area contributed by atoms with Crippen molar-refractivity contribution in [1.29, 1.82) is 0 Å². The van der Waals surface area contributed by atoms with Crippen molar-refractivity contribution in [1.82, 2.24) is 15.2 Å². The van der Waals surface area contributed by atoms with Gasteiger partial charge in [0.25, 0.3) is 5.91 Å². The van der Waals surface area contributed by atoms with Crippen LogP contribution in [0.4, 0.5) is 10.6 Å². The van der Waals surface area contributed by atoms with Crippen LogP contribution in [0.3, 0.4) is 0 Å². The van der Waals surface area contributed by atoms with Gasteiger partial charge in [0.15, 0.2) is 11.6 Å². The molecular weight excluding hydrogens is 420 g/mol. The van der Waals surface area contributed by atoms with E-state index in [4.69, 9.17) is 4.74 Å². The van der Waals surface area contributed by atoms with Crippen LogP contribution in [0.15, 0.2) is 42.6 Å². The maximum absolute atomic E-state index is 13.3. The van der Waals surface area contributed by atoms with Gasteiger partial charge in [-0.3, -0.25) is 14.5 Å². The van der Waals surface area contributed by atoms with Crippen LogP contribution in [0.5, 0.6) is 5.75 Å². The highest BCUT2D eigenvalue weighted by Gasteiger charge is 2.55. The summed E-state index contributed by atoms with van der Waals surface area (Å²) in [6.45, 7) is 0.205. The fourth-order valence-electron chi connectivity index (χ4n) is 5.21. The highest BCUT2D eigenvalue weighted by molar-refractivity contribution is 6.10. The van der Waals surface area contributed by atoms with E-state index in [1.54, 1.807) is 18.3 Å². The SMILES string of the molecule is O=C(CN1C(=O)NC2(CCc3ccccc32)C1=O)Nc1ncccc1OCC1CCCCC1. The van der Waals surface area contributed by atoms with E-state index >= 15 is 0 Å². The number of nitrogens with one attached hydrogen (secondary N) is 2. The van der Waals surface area contributed by atoms with Gasteiger partial charge in [-0.25, -0.2) is 9.78 Å². The average molecular weight is 449 g/mol. The standard InChI is InChI=1S/C25H28N4O4/c30-21(27-22-20(11-6-14-26-22)33-16-17-7-2-1-3-8-17)15-29-23(31)25(28-24(29)32)13-12-18-9-4-5-10-19(18)25/h4-6,9-11,14,17H,1-3,7-8,12-13,15-16H2,(H,28,32)(H,26,27,30). The van der Waals surface area contributed by atoms with Gasteiger partial charge < -0.3 is 15.4 Å². The largest absolute Gasteiger partial charge is 0.489 e. The molecule has 8 nitrogen and oxygen atoms in total. The monoisotopic (exact) mass is 448 g/mol. The number of anilines is 1. The first-order valence-corrected chi connectivity index (χ1v) is 11.7. The quantitative estimate of drug-likeness (QED) is 0.660. The Bertz CT molecular complexity index is 1080. The predicted molar refractivity (Wildman–Crippen MR) is 122 cm³/mol. The third-order valence-corrected chi connectivity index (χ3v) is 6.95. The van der Waals surface area contributed by atoms with Crippen LogP contribution in [0.1, 0.15) is 49.7 Å². The molecule has 0 radical (unpaired) electrons. The molecule has 2 fully saturated rings. The van der Waals surface area contributed by atoms with E-state index in [2.05, 4.69) is 15.6 Å². The summed E-state index contributed by atoms with van der Waals surface area (Å²) >= 11 is 0. The summed E-state index contributed by atoms with van der Waals surface area (Å²) in [7, 11) is 0. The minimum absolute atomic E-state index is 0.297. The molecule has 1 aromatic heterocycles. The Balaban J connectivity index is 1.25. The lowest BCUT2D eigenvalue weighted by molar-refractivity contribution is -0.134. The Morgan fingerprint density at radius 3 is 2.82 bits per heavy atom. The summed E-state index contributed by atoms with van der Waals surface area (Å²) in [6, 6.07) is 10.6. The lowest BCUT2D eigenvalue weighted by atomic mass is 9.90. The topological polar surface area (TPSA) is 101 Å². The summed E-state index contributed by atoms with van der Waals surface area (Å²) < 4.78 is 5.97. The van der Waals surface area contributed by atoms with E-state index in [9.17, 15) is 14.4 Å². The number of aromatic nitrogens is 1. The van der Waals surface area contributed by atoms with Crippen molar-refractivity contribution in [3.05, 3.63) is 53.7 Å². The number of fused-ring (bicyclic) bond motifs is 2. The predicted octanol–water partition coefficient (Wildman–Crippen LogP) is 3.37. The van der Waals surface area contributed by atoms with Crippen LogP contribution in [-0.4, -0.2) is 40.9 Å². The molecule has 2 N–H and O–H groups in total. The van der Waals surface area contributed by atoms with Gasteiger partial charge in [-0.2, -0.15) is 0 Å². The van der Waals surface area contributed by atoms with E-state index in [0.717, 1.165) is 28.9 Å². The summed E-state index contributed by atoms with van der Waals surface area (Å²) in [5, 5.41) is 5.56. The molecule has 172 valence electrons. The second-order valence-electron chi connectivity index (χ2n) is 9.10. The maximum Gasteiger partial charge on any atom is 0.325 e. The Hall–Kier alpha value is -3.42. The fourth-order valence-corrected chi connectivity index (χ4v) is 5.21. The molecule has 2 aromatic rings. The van der Waals surface area contributed by atoms with E-state index in [1.807, 2.05) is 24.3 Å². The van der Waals surface area contributed by atoms with Crippen molar-refractivity contribution in [3.63, 3.8) is 0 Å². The van der Waals surface area contributed by atoms with Crippen molar-refractivity contribution in [2.24, 2.45) is 5.92 Å². The first-order valence-electron chi connectivity index (χ1n) is 11.7. The minimum atomic E-state index is -1.08. The normalized spacial score (nSPS) is 22.4. The van der Waals surface area contributed by atoms with Gasteiger partial charge >= 0.3 is 6.03 Å². The van der Waals surface area contributed by atoms with Gasteiger partial charge in [-0.1, -0.05) is 43.5 Å². The average Bonchev–Trinajstić information content (AvgIpc) is 3.32. The zero-order valence-corrected chi connectivity index (χ0v) is 18.5. The van der Waals surface area contributed by atoms with Gasteiger partial charge in [0.2, 0.25) is 5.91 Å². The Kier molecular flexibility index (Phi) is 5.74. The van der Waals surface area contributed by atoms with Crippen LogP contribution in [-0.2, 0) is 21.5 Å². The number of amides is 4. The molecule has 5 rings (SSSR count). The first kappa shape index (κ1) is 21.4. The molecule has 1 aromatic carbocycles. The highest BCUT2D eigenvalue weighted by atomic mass is 16.5. The molecular formula is C25H28N4O4. The van der Waals surface area contributed by atoms with Crippen molar-refractivity contribution in [3.8, 4) is 5.75 Å². The number of imide groups is 1. The zero-order chi connectivity index (χ0) is 22.8. The minimum Gasteiger partial charge on any atom is -0.489 e. The molecule has 1 unspecified atom stereocenters. The molecule has 1 spiro atoms. The Labute approximate surface area is 192 Å². The number of aryl methyl sites for hydroxylation is 1. The van der Waals surface area contributed by atoms with Crippen molar-refractivity contribution in [2.45, 2.75) is 50.5 Å². The number of carbonyl (C=O) groups excluding carboxylic acids is 3. The number of hydrogen-bond acceptors (Lipinski definition) is 5. The summed E-state index contributed by atoms with van der Waals surface area (Å²) in [5.41, 5.74) is 0.785. The molecule has 33 heavy (non-hydrogen) atoms. The van der Waals surface area contributed by atoms with E-state index < -0.39 is 17.5 Å². The number of benzene rings is 1. The van der Waals surface area contributed by atoms with Crippen LogP contribution in [0, 0.1) is 5.92 Å². The molecule has 8 heteroatoms. The first-order chi connectivity index (χ1) is 16.1. The number of rotatable bonds is 6. The van der Waals surface area contributed by atoms with Gasteiger partial charge in [0.05, 0.1) is 6.61 Å². The number of carbonyl (C=O) groups is 3. The molecule has 1 aliphatic heterocycles. The maximum atomic E-state index is 13.3. The molecule has 2 aliphatic carbocycles. The number of hydrogen-bond donors (Lipinski definition) is 2. The van der Waals surface area contributed by atoms with Crippen LogP contribution in [0.2, 0.25) is 0 Å². The van der Waals surface area contributed by atoms with Crippen LogP contribution >= 0.6 is 0 Å². The third kappa shape index (κ3) is 4.05. The van der Waals surface area contributed by atoms with Gasteiger partial charge in [-0.15, -0.1) is 0 Å². The van der Waals surface area contributed by atoms with Crippen molar-refractivity contribution < 1.29 is 19.1 Å². The smallest absolute Gasteiger partial charge is 0.325 e. The van der Waals surface area contributed by atoms with Crippen LogP contribution in [0.25, 0.3) is 0 Å². The van der Waals surface area contributed by atoms with Gasteiger partial charge in [0.1, 0.15) is 12.1 Å². The molecule has 0 bridgehead atoms. The van der Waals surface area contributed by atoms with E-state index in [0.29, 0.717) is 36.9 Å². The van der Waals surface area contributed by atoms with Gasteiger partial charge in [-0.05, 0) is 54.9 Å². The van der Waals surface area contributed by atoms with Crippen molar-refractivity contribution >= 4 is 23.7 Å². The lowest BCUT2D eigenvalue weighted by Gasteiger charge is -2.22. The Morgan fingerprint density at radius 1 is 1.15 bits per heavy atom. The molecule has 1 saturated heterocycles. The number of urea groups is 1. The Morgan fingerprint density at radius 2 is 1.97 bits per heavy atom. The summed E-state index contributed by atoms with van der Waals surface area (Å²) in [5.74, 6) is 0.422. The second-order valence-corrected chi connectivity index (χ2v) is 9.10. The van der Waals surface area contributed by atoms with Crippen molar-refractivity contribution in [2.75, 3.05) is 18.5 Å². The molecule has 1 saturated carbocycles.